The molecule has 5 nitrogen and oxygen atoms in total. The first kappa shape index (κ1) is 11.5. The van der Waals surface area contributed by atoms with Crippen molar-refractivity contribution in [3.63, 3.8) is 0 Å². The Morgan fingerprint density at radius 2 is 2.33 bits per heavy atom. The van der Waals surface area contributed by atoms with Crippen molar-refractivity contribution < 1.29 is 19.4 Å². The van der Waals surface area contributed by atoms with E-state index in [0.717, 1.165) is 5.56 Å². The molecule has 0 aliphatic rings. The molecule has 0 amide bonds. The summed E-state index contributed by atoms with van der Waals surface area (Å²) in [4.78, 5) is 14.9. The van der Waals surface area contributed by atoms with Gasteiger partial charge in [0.25, 0.3) is 0 Å². The monoisotopic (exact) mass is 211 g/mol. The van der Waals surface area contributed by atoms with E-state index in [2.05, 4.69) is 9.72 Å². The number of aliphatic hydroxyl groups is 1. The molecule has 0 radical (unpaired) electrons. The number of carbonyl (C=O) groups is 1. The van der Waals surface area contributed by atoms with Crippen molar-refractivity contribution >= 4 is 5.97 Å². The van der Waals surface area contributed by atoms with Crippen LogP contribution in [0.3, 0.4) is 0 Å². The number of methoxy groups -OCH3 is 2. The average molecular weight is 211 g/mol. The molecule has 1 N–H and O–H groups in total. The van der Waals surface area contributed by atoms with Crippen LogP contribution in [-0.2, 0) is 16.0 Å². The van der Waals surface area contributed by atoms with Gasteiger partial charge in [0.15, 0.2) is 6.10 Å². The van der Waals surface area contributed by atoms with Crippen LogP contribution in [-0.4, -0.2) is 36.4 Å². The van der Waals surface area contributed by atoms with Gasteiger partial charge in [-0.1, -0.05) is 0 Å². The van der Waals surface area contributed by atoms with Crippen molar-refractivity contribution in [3.8, 4) is 5.88 Å². The highest BCUT2D eigenvalue weighted by atomic mass is 16.5. The topological polar surface area (TPSA) is 68.7 Å². The number of aliphatic hydroxyl groups excluding tert-OH is 1. The maximum atomic E-state index is 11.0. The molecule has 0 bridgehead atoms. The Kier molecular flexibility index (Phi) is 4.05. The molecule has 1 atom stereocenters. The smallest absolute Gasteiger partial charge is 0.335 e. The van der Waals surface area contributed by atoms with Gasteiger partial charge in [-0.05, 0) is 11.6 Å². The normalized spacial score (nSPS) is 11.9. The number of hydrogen-bond acceptors (Lipinski definition) is 5. The molecule has 1 aromatic rings. The highest BCUT2D eigenvalue weighted by molar-refractivity contribution is 5.74. The van der Waals surface area contributed by atoms with E-state index in [1.807, 2.05) is 0 Å². The summed E-state index contributed by atoms with van der Waals surface area (Å²) in [6.07, 6.45) is 0.589. The Morgan fingerprint density at radius 1 is 1.60 bits per heavy atom. The van der Waals surface area contributed by atoms with Crippen LogP contribution in [0.25, 0.3) is 0 Å². The molecule has 82 valence electrons. The fourth-order valence-electron chi connectivity index (χ4n) is 1.13. The van der Waals surface area contributed by atoms with Gasteiger partial charge in [0, 0.05) is 18.7 Å². The van der Waals surface area contributed by atoms with Crippen molar-refractivity contribution in [2.24, 2.45) is 0 Å². The van der Waals surface area contributed by atoms with Gasteiger partial charge in [-0.15, -0.1) is 0 Å². The van der Waals surface area contributed by atoms with E-state index in [1.54, 1.807) is 18.3 Å². The third kappa shape index (κ3) is 3.21. The minimum absolute atomic E-state index is 0.186. The van der Waals surface area contributed by atoms with E-state index in [9.17, 15) is 9.90 Å². The zero-order valence-electron chi connectivity index (χ0n) is 8.64. The fraction of sp³-hybridized carbons (Fsp3) is 0.400. The molecule has 0 aliphatic heterocycles. The quantitative estimate of drug-likeness (QED) is 0.719. The maximum Gasteiger partial charge on any atom is 0.335 e. The zero-order chi connectivity index (χ0) is 11.3. The number of ether oxygens (including phenoxy) is 2. The van der Waals surface area contributed by atoms with Crippen LogP contribution in [0.2, 0.25) is 0 Å². The van der Waals surface area contributed by atoms with Crippen LogP contribution in [0.4, 0.5) is 0 Å². The van der Waals surface area contributed by atoms with E-state index < -0.39 is 12.1 Å². The van der Waals surface area contributed by atoms with Crippen LogP contribution in [0, 0.1) is 0 Å². The summed E-state index contributed by atoms with van der Waals surface area (Å²) < 4.78 is 9.32. The molecular weight excluding hydrogens is 198 g/mol. The summed E-state index contributed by atoms with van der Waals surface area (Å²) in [5.74, 6) is -0.199. The Labute approximate surface area is 87.7 Å². The van der Waals surface area contributed by atoms with Crippen LogP contribution >= 0.6 is 0 Å². The summed E-state index contributed by atoms with van der Waals surface area (Å²) in [7, 11) is 2.74. The van der Waals surface area contributed by atoms with Gasteiger partial charge in [0.05, 0.1) is 14.2 Å². The van der Waals surface area contributed by atoms with Gasteiger partial charge in [-0.2, -0.15) is 0 Å². The summed E-state index contributed by atoms with van der Waals surface area (Å²) in [6, 6.07) is 3.36. The first-order valence-electron chi connectivity index (χ1n) is 4.42. The molecule has 1 aromatic heterocycles. The second kappa shape index (κ2) is 5.31. The predicted octanol–water partition coefficient (Wildman–Crippen LogP) is 0.167. The third-order valence-electron chi connectivity index (χ3n) is 1.91. The van der Waals surface area contributed by atoms with Crippen LogP contribution in [0.5, 0.6) is 5.88 Å². The molecule has 5 heteroatoms. The van der Waals surface area contributed by atoms with E-state index in [-0.39, 0.29) is 6.42 Å². The predicted molar refractivity (Wildman–Crippen MR) is 52.5 cm³/mol. The molecule has 1 heterocycles. The van der Waals surface area contributed by atoms with Crippen LogP contribution < -0.4 is 4.74 Å². The van der Waals surface area contributed by atoms with Gasteiger partial charge in [-0.3, -0.25) is 0 Å². The molecule has 0 spiro atoms. The number of aromatic nitrogens is 1. The Hall–Kier alpha value is -1.62. The van der Waals surface area contributed by atoms with Crippen molar-refractivity contribution in [1.82, 2.24) is 4.98 Å². The number of pyridine rings is 1. The van der Waals surface area contributed by atoms with E-state index in [1.165, 1.54) is 14.2 Å². The van der Waals surface area contributed by atoms with Crippen LogP contribution in [0.1, 0.15) is 5.56 Å². The molecule has 15 heavy (non-hydrogen) atoms. The lowest BCUT2D eigenvalue weighted by atomic mass is 10.1. The van der Waals surface area contributed by atoms with Gasteiger partial charge in [-0.25, -0.2) is 9.78 Å². The summed E-state index contributed by atoms with van der Waals surface area (Å²) >= 11 is 0. The van der Waals surface area contributed by atoms with Gasteiger partial charge in [0.2, 0.25) is 5.88 Å². The molecular formula is C10H13NO4. The first-order valence-corrected chi connectivity index (χ1v) is 4.42. The summed E-state index contributed by atoms with van der Waals surface area (Å²) in [5, 5.41) is 9.40. The molecule has 0 aromatic carbocycles. The van der Waals surface area contributed by atoms with Crippen molar-refractivity contribution in [2.75, 3.05) is 14.2 Å². The summed E-state index contributed by atoms with van der Waals surface area (Å²) in [6.45, 7) is 0. The lowest BCUT2D eigenvalue weighted by Gasteiger charge is -2.08. The Balaban J connectivity index is 2.67. The molecule has 1 rings (SSSR count). The largest absolute Gasteiger partial charge is 0.481 e. The fourth-order valence-corrected chi connectivity index (χ4v) is 1.13. The number of hydrogen-bond donors (Lipinski definition) is 1. The minimum Gasteiger partial charge on any atom is -0.481 e. The number of nitrogens with zero attached hydrogens (tertiary/aromatic N) is 1. The van der Waals surface area contributed by atoms with Gasteiger partial charge >= 0.3 is 5.97 Å². The van der Waals surface area contributed by atoms with E-state index in [4.69, 9.17) is 4.74 Å². The Bertz CT molecular complexity index is 340. The maximum absolute atomic E-state index is 11.0. The standard InChI is InChI=1S/C10H13NO4/c1-14-9-6-7(3-4-11-9)5-8(12)10(13)15-2/h3-4,6,8,12H,5H2,1-2H3. The first-order chi connectivity index (χ1) is 7.17. The van der Waals surface area contributed by atoms with E-state index in [0.29, 0.717) is 5.88 Å². The second-order valence-corrected chi connectivity index (χ2v) is 2.95. The lowest BCUT2D eigenvalue weighted by molar-refractivity contribution is -0.150. The SMILES string of the molecule is COC(=O)C(O)Cc1ccnc(OC)c1. The number of rotatable bonds is 4. The van der Waals surface area contributed by atoms with Gasteiger partial charge < -0.3 is 14.6 Å². The molecule has 0 fully saturated rings. The van der Waals surface area contributed by atoms with Crippen molar-refractivity contribution in [3.05, 3.63) is 23.9 Å². The molecule has 0 aliphatic carbocycles. The average Bonchev–Trinajstić information content (AvgIpc) is 2.28. The van der Waals surface area contributed by atoms with Crippen LogP contribution in [0.15, 0.2) is 18.3 Å². The zero-order valence-corrected chi connectivity index (χ0v) is 8.64. The summed E-state index contributed by atoms with van der Waals surface area (Å²) in [5.41, 5.74) is 0.764. The Morgan fingerprint density at radius 3 is 2.93 bits per heavy atom. The second-order valence-electron chi connectivity index (χ2n) is 2.95. The minimum atomic E-state index is -1.15. The highest BCUT2D eigenvalue weighted by Crippen LogP contribution is 2.10. The number of esters is 1. The molecule has 0 saturated carbocycles. The lowest BCUT2D eigenvalue weighted by Crippen LogP contribution is -2.24. The highest BCUT2D eigenvalue weighted by Gasteiger charge is 2.15. The number of carbonyl (C=O) groups excluding carboxylic acids is 1. The third-order valence-corrected chi connectivity index (χ3v) is 1.91. The molecule has 0 saturated heterocycles. The van der Waals surface area contributed by atoms with Crippen molar-refractivity contribution in [2.45, 2.75) is 12.5 Å². The van der Waals surface area contributed by atoms with E-state index >= 15 is 0 Å². The van der Waals surface area contributed by atoms with Crippen molar-refractivity contribution in [1.29, 1.82) is 0 Å². The molecule has 1 unspecified atom stereocenters. The van der Waals surface area contributed by atoms with Gasteiger partial charge in [0.1, 0.15) is 0 Å².